The molecular formula is C24H22N4. The quantitative estimate of drug-likeness (QED) is 0.359. The van der Waals surface area contributed by atoms with E-state index in [0.717, 1.165) is 61.5 Å². The van der Waals surface area contributed by atoms with E-state index in [1.807, 2.05) is 0 Å². The van der Waals surface area contributed by atoms with Crippen LogP contribution in [0.5, 0.6) is 0 Å². The van der Waals surface area contributed by atoms with Crippen LogP contribution in [0, 0.1) is 27.7 Å². The van der Waals surface area contributed by atoms with Crippen LogP contribution in [0.4, 0.5) is 0 Å². The summed E-state index contributed by atoms with van der Waals surface area (Å²) >= 11 is 0. The number of aromatic amines is 2. The number of nitrogens with zero attached hydrogens (tertiary/aromatic N) is 2. The molecule has 4 nitrogen and oxygen atoms in total. The third kappa shape index (κ3) is 2.53. The SMILES string of the molecule is Cc1c2nc(c(C)c3ccc([nH]3)c(C)c3ccc([nH]3)c(C)c3nc1C=C3)C=C2. The van der Waals surface area contributed by atoms with Gasteiger partial charge < -0.3 is 9.97 Å². The normalized spacial score (nSPS) is 12.7. The van der Waals surface area contributed by atoms with Crippen LogP contribution in [0.2, 0.25) is 0 Å². The molecule has 0 spiro atoms. The van der Waals surface area contributed by atoms with Gasteiger partial charge in [0.15, 0.2) is 0 Å². The van der Waals surface area contributed by atoms with Gasteiger partial charge in [-0.2, -0.15) is 0 Å². The molecule has 8 bridgehead atoms. The first-order valence-electron chi connectivity index (χ1n) is 9.54. The summed E-state index contributed by atoms with van der Waals surface area (Å²) < 4.78 is 0. The number of rotatable bonds is 0. The molecule has 2 N–H and O–H groups in total. The Morgan fingerprint density at radius 1 is 0.464 bits per heavy atom. The minimum atomic E-state index is 0.973. The number of H-pyrrole nitrogens is 2. The van der Waals surface area contributed by atoms with Gasteiger partial charge in [0.25, 0.3) is 0 Å². The first-order chi connectivity index (χ1) is 13.5. The number of aryl methyl sites for hydroxylation is 3. The molecule has 5 heterocycles. The van der Waals surface area contributed by atoms with Crippen molar-refractivity contribution in [3.05, 3.63) is 69.3 Å². The molecule has 0 aliphatic carbocycles. The van der Waals surface area contributed by atoms with E-state index in [1.54, 1.807) is 0 Å². The third-order valence-corrected chi connectivity index (χ3v) is 5.80. The van der Waals surface area contributed by atoms with Gasteiger partial charge in [-0.25, -0.2) is 9.97 Å². The van der Waals surface area contributed by atoms with Gasteiger partial charge in [0.2, 0.25) is 0 Å². The van der Waals surface area contributed by atoms with Crippen LogP contribution in [0.25, 0.3) is 46.4 Å². The van der Waals surface area contributed by atoms with Crippen LogP contribution >= 0.6 is 0 Å². The van der Waals surface area contributed by atoms with E-state index in [9.17, 15) is 0 Å². The number of nitrogens with one attached hydrogen (secondary N) is 2. The van der Waals surface area contributed by atoms with E-state index in [2.05, 4.69) is 86.2 Å². The maximum atomic E-state index is 4.86. The Hall–Kier alpha value is -3.40. The number of aromatic nitrogens is 4. The van der Waals surface area contributed by atoms with Crippen molar-refractivity contribution in [3.8, 4) is 0 Å². The summed E-state index contributed by atoms with van der Waals surface area (Å²) in [6, 6.07) is 8.52. The molecule has 2 aliphatic heterocycles. The van der Waals surface area contributed by atoms with Crippen LogP contribution in [-0.2, 0) is 0 Å². The molecule has 3 aromatic heterocycles. The van der Waals surface area contributed by atoms with Crippen molar-refractivity contribution in [1.82, 2.24) is 19.9 Å². The summed E-state index contributed by atoms with van der Waals surface area (Å²) in [5.41, 5.74) is 12.9. The first-order valence-corrected chi connectivity index (χ1v) is 9.54. The summed E-state index contributed by atoms with van der Waals surface area (Å²) in [6.07, 6.45) is 8.33. The fourth-order valence-corrected chi connectivity index (χ4v) is 3.78. The lowest BCUT2D eigenvalue weighted by Crippen LogP contribution is -1.88. The third-order valence-electron chi connectivity index (χ3n) is 5.80. The van der Waals surface area contributed by atoms with Crippen molar-refractivity contribution >= 4 is 46.4 Å². The zero-order valence-corrected chi connectivity index (χ0v) is 16.5. The highest BCUT2D eigenvalue weighted by Crippen LogP contribution is 2.25. The largest absolute Gasteiger partial charge is 0.355 e. The molecule has 2 aliphatic rings. The molecule has 28 heavy (non-hydrogen) atoms. The Balaban J connectivity index is 1.97. The van der Waals surface area contributed by atoms with E-state index in [4.69, 9.17) is 9.97 Å². The van der Waals surface area contributed by atoms with E-state index in [0.29, 0.717) is 0 Å². The van der Waals surface area contributed by atoms with Crippen LogP contribution in [0.15, 0.2) is 24.3 Å². The summed E-state index contributed by atoms with van der Waals surface area (Å²) in [7, 11) is 0. The molecule has 0 saturated carbocycles. The van der Waals surface area contributed by atoms with Crippen molar-refractivity contribution in [3.63, 3.8) is 0 Å². The maximum absolute atomic E-state index is 4.86. The van der Waals surface area contributed by atoms with Crippen LogP contribution < -0.4 is 0 Å². The highest BCUT2D eigenvalue weighted by Gasteiger charge is 2.11. The lowest BCUT2D eigenvalue weighted by Gasteiger charge is -1.97. The molecule has 0 unspecified atom stereocenters. The highest BCUT2D eigenvalue weighted by atomic mass is 14.8. The lowest BCUT2D eigenvalue weighted by molar-refractivity contribution is 1.19. The minimum absolute atomic E-state index is 0.973. The molecule has 0 radical (unpaired) electrons. The molecular weight excluding hydrogens is 344 g/mol. The predicted octanol–water partition coefficient (Wildman–Crippen LogP) is 5.89. The molecule has 4 heteroatoms. The molecule has 138 valence electrons. The second kappa shape index (κ2) is 6.06. The smallest absolute Gasteiger partial charge is 0.0688 e. The summed E-state index contributed by atoms with van der Waals surface area (Å²) in [5, 5.41) is 0. The van der Waals surface area contributed by atoms with Gasteiger partial charge in [-0.15, -0.1) is 0 Å². The zero-order valence-electron chi connectivity index (χ0n) is 16.5. The Kier molecular flexibility index (Phi) is 3.63. The van der Waals surface area contributed by atoms with Crippen molar-refractivity contribution in [1.29, 1.82) is 0 Å². The predicted molar refractivity (Wildman–Crippen MR) is 118 cm³/mol. The van der Waals surface area contributed by atoms with Crippen LogP contribution in [0.1, 0.15) is 45.0 Å². The van der Waals surface area contributed by atoms with Gasteiger partial charge in [0.05, 0.1) is 22.8 Å². The second-order valence-electron chi connectivity index (χ2n) is 7.50. The summed E-state index contributed by atoms with van der Waals surface area (Å²) in [6.45, 7) is 8.44. The van der Waals surface area contributed by atoms with Gasteiger partial charge >= 0.3 is 0 Å². The summed E-state index contributed by atoms with van der Waals surface area (Å²) in [4.78, 5) is 16.8. The number of hydrogen-bond acceptors (Lipinski definition) is 2. The molecule has 0 aromatic carbocycles. The van der Waals surface area contributed by atoms with Crippen molar-refractivity contribution < 1.29 is 0 Å². The zero-order chi connectivity index (χ0) is 19.4. The molecule has 0 saturated heterocycles. The molecule has 0 atom stereocenters. The van der Waals surface area contributed by atoms with E-state index in [1.165, 1.54) is 5.56 Å². The first kappa shape index (κ1) is 16.8. The lowest BCUT2D eigenvalue weighted by atomic mass is 10.2. The van der Waals surface area contributed by atoms with E-state index >= 15 is 0 Å². The topological polar surface area (TPSA) is 57.4 Å². The molecule has 0 fully saturated rings. The average molecular weight is 366 g/mol. The minimum Gasteiger partial charge on any atom is -0.355 e. The van der Waals surface area contributed by atoms with E-state index in [-0.39, 0.29) is 0 Å². The summed E-state index contributed by atoms with van der Waals surface area (Å²) in [5.74, 6) is 0. The van der Waals surface area contributed by atoms with Gasteiger partial charge in [0, 0.05) is 27.6 Å². The molecule has 0 amide bonds. The Bertz CT molecular complexity index is 1250. The molecule has 5 rings (SSSR count). The van der Waals surface area contributed by atoms with Crippen LogP contribution in [0.3, 0.4) is 0 Å². The standard InChI is InChI=1S/C24H22N4/c1-13-17-5-7-19(25-17)14(2)21-9-11-23(27-21)16(4)24-12-10-22(28-24)15(3)20-8-6-18(13)26-20/h5-12,25-26H,1-4H3. The Labute approximate surface area is 163 Å². The van der Waals surface area contributed by atoms with Crippen LogP contribution in [-0.4, -0.2) is 19.9 Å². The maximum Gasteiger partial charge on any atom is 0.0688 e. The second-order valence-corrected chi connectivity index (χ2v) is 7.50. The van der Waals surface area contributed by atoms with Gasteiger partial charge in [-0.05, 0) is 93.0 Å². The number of hydrogen-bond donors (Lipinski definition) is 2. The van der Waals surface area contributed by atoms with E-state index < -0.39 is 0 Å². The Morgan fingerprint density at radius 2 is 0.786 bits per heavy atom. The van der Waals surface area contributed by atoms with Gasteiger partial charge in [-0.3, -0.25) is 0 Å². The van der Waals surface area contributed by atoms with Gasteiger partial charge in [-0.1, -0.05) is 0 Å². The molecule has 3 aromatic rings. The van der Waals surface area contributed by atoms with Crippen molar-refractivity contribution in [2.45, 2.75) is 27.7 Å². The van der Waals surface area contributed by atoms with Crippen molar-refractivity contribution in [2.75, 3.05) is 0 Å². The highest BCUT2D eigenvalue weighted by molar-refractivity contribution is 5.82. The monoisotopic (exact) mass is 366 g/mol. The van der Waals surface area contributed by atoms with Crippen molar-refractivity contribution in [2.24, 2.45) is 0 Å². The Morgan fingerprint density at radius 3 is 1.18 bits per heavy atom. The average Bonchev–Trinajstić information content (AvgIpc) is 3.49. The van der Waals surface area contributed by atoms with Gasteiger partial charge in [0.1, 0.15) is 0 Å². The fourth-order valence-electron chi connectivity index (χ4n) is 3.78. The fraction of sp³-hybridized carbons (Fsp3) is 0.167. The number of fused-ring (bicyclic) bond motifs is 8.